The molecule has 0 bridgehead atoms. The number of nitrogens with zero attached hydrogens (tertiary/aromatic N) is 2. The van der Waals surface area contributed by atoms with Crippen LogP contribution >= 0.6 is 23.2 Å². The fraction of sp³-hybridized carbons (Fsp3) is 0.444. The van der Waals surface area contributed by atoms with Gasteiger partial charge in [-0.25, -0.2) is 0 Å². The maximum atomic E-state index is 11.3. The maximum absolute atomic E-state index is 11.3. The van der Waals surface area contributed by atoms with Crippen LogP contribution in [-0.2, 0) is 4.79 Å². The van der Waals surface area contributed by atoms with Gasteiger partial charge in [-0.05, 0) is 6.42 Å². The molecule has 0 spiro atoms. The summed E-state index contributed by atoms with van der Waals surface area (Å²) < 4.78 is 0. The first kappa shape index (κ1) is 13.0. The van der Waals surface area contributed by atoms with E-state index >= 15 is 0 Å². The lowest BCUT2D eigenvalue weighted by molar-refractivity contribution is -0.119. The molecule has 0 aliphatic carbocycles. The summed E-state index contributed by atoms with van der Waals surface area (Å²) in [6, 6.07) is 1.52. The Labute approximate surface area is 104 Å². The van der Waals surface area contributed by atoms with Gasteiger partial charge in [0.25, 0.3) is 0 Å². The summed E-state index contributed by atoms with van der Waals surface area (Å²) in [5, 5.41) is 13.1. The van der Waals surface area contributed by atoms with Crippen molar-refractivity contribution in [1.82, 2.24) is 15.5 Å². The minimum absolute atomic E-state index is 0.106. The predicted molar refractivity (Wildman–Crippen MR) is 63.8 cm³/mol. The number of halogens is 2. The number of aromatic nitrogens is 2. The van der Waals surface area contributed by atoms with Crippen LogP contribution in [0.5, 0.6) is 0 Å². The number of rotatable bonds is 5. The summed E-state index contributed by atoms with van der Waals surface area (Å²) in [6.45, 7) is 2.77. The molecule has 1 aromatic rings. The highest BCUT2D eigenvalue weighted by Crippen LogP contribution is 2.20. The van der Waals surface area contributed by atoms with E-state index in [1.54, 1.807) is 0 Å². The van der Waals surface area contributed by atoms with Gasteiger partial charge in [0.05, 0.1) is 12.2 Å². The van der Waals surface area contributed by atoms with Crippen molar-refractivity contribution in [3.63, 3.8) is 0 Å². The zero-order chi connectivity index (χ0) is 12.0. The summed E-state index contributed by atoms with van der Waals surface area (Å²) in [7, 11) is 0. The van der Waals surface area contributed by atoms with E-state index in [4.69, 9.17) is 23.2 Å². The zero-order valence-corrected chi connectivity index (χ0v) is 10.3. The molecular formula is C9H12Cl2N4O. The van der Waals surface area contributed by atoms with Crippen LogP contribution < -0.4 is 10.6 Å². The first-order chi connectivity index (χ1) is 7.63. The van der Waals surface area contributed by atoms with Crippen molar-refractivity contribution in [2.75, 3.05) is 18.4 Å². The molecule has 1 rings (SSSR count). The third kappa shape index (κ3) is 4.20. The highest BCUT2D eigenvalue weighted by molar-refractivity contribution is 6.33. The van der Waals surface area contributed by atoms with Gasteiger partial charge >= 0.3 is 0 Å². The molecule has 0 fully saturated rings. The van der Waals surface area contributed by atoms with Crippen LogP contribution in [0.2, 0.25) is 10.3 Å². The maximum Gasteiger partial charge on any atom is 0.239 e. The lowest BCUT2D eigenvalue weighted by Crippen LogP contribution is -2.30. The Kier molecular flexibility index (Phi) is 5.28. The molecule has 0 unspecified atom stereocenters. The van der Waals surface area contributed by atoms with E-state index in [1.807, 2.05) is 6.92 Å². The number of hydrogen-bond acceptors (Lipinski definition) is 4. The van der Waals surface area contributed by atoms with Crippen LogP contribution in [0.4, 0.5) is 5.69 Å². The first-order valence-electron chi connectivity index (χ1n) is 4.82. The van der Waals surface area contributed by atoms with E-state index in [0.29, 0.717) is 12.2 Å². The first-order valence-corrected chi connectivity index (χ1v) is 5.58. The predicted octanol–water partition coefficient (Wildman–Crippen LogP) is 1.72. The zero-order valence-electron chi connectivity index (χ0n) is 8.76. The fourth-order valence-electron chi connectivity index (χ4n) is 0.979. The van der Waals surface area contributed by atoms with E-state index in [1.165, 1.54) is 6.07 Å². The topological polar surface area (TPSA) is 66.9 Å². The summed E-state index contributed by atoms with van der Waals surface area (Å²) in [4.78, 5) is 11.3. The SMILES string of the molecule is CCCNC(=O)CNc1cc(Cl)nnc1Cl. The van der Waals surface area contributed by atoms with Crippen LogP contribution in [0.3, 0.4) is 0 Å². The van der Waals surface area contributed by atoms with Gasteiger partial charge in [-0.1, -0.05) is 30.1 Å². The van der Waals surface area contributed by atoms with E-state index in [9.17, 15) is 4.79 Å². The van der Waals surface area contributed by atoms with E-state index in [2.05, 4.69) is 20.8 Å². The van der Waals surface area contributed by atoms with Gasteiger partial charge < -0.3 is 10.6 Å². The third-order valence-corrected chi connectivity index (χ3v) is 2.19. The molecule has 88 valence electrons. The van der Waals surface area contributed by atoms with Gasteiger partial charge in [0.15, 0.2) is 10.3 Å². The van der Waals surface area contributed by atoms with Crippen molar-refractivity contribution in [1.29, 1.82) is 0 Å². The van der Waals surface area contributed by atoms with Crippen LogP contribution in [0, 0.1) is 0 Å². The van der Waals surface area contributed by atoms with E-state index < -0.39 is 0 Å². The standard InChI is InChI=1S/C9H12Cl2N4O/c1-2-3-12-8(16)5-13-6-4-7(10)14-15-9(6)11/h4H,2-3,5H2,1H3,(H,12,16)(H,13,14). The molecule has 1 aromatic heterocycles. The molecule has 1 heterocycles. The molecule has 0 radical (unpaired) electrons. The largest absolute Gasteiger partial charge is 0.374 e. The Morgan fingerprint density at radius 3 is 2.88 bits per heavy atom. The molecule has 0 aliphatic heterocycles. The number of carbonyl (C=O) groups is 1. The molecule has 16 heavy (non-hydrogen) atoms. The summed E-state index contributed by atoms with van der Waals surface area (Å²) >= 11 is 11.4. The number of nitrogens with one attached hydrogen (secondary N) is 2. The quantitative estimate of drug-likeness (QED) is 0.848. The monoisotopic (exact) mass is 262 g/mol. The summed E-state index contributed by atoms with van der Waals surface area (Å²) in [5.74, 6) is -0.106. The average Bonchev–Trinajstić information content (AvgIpc) is 2.27. The van der Waals surface area contributed by atoms with Crippen molar-refractivity contribution in [2.45, 2.75) is 13.3 Å². The molecule has 0 aliphatic rings. The Bertz CT molecular complexity index is 373. The molecule has 5 nitrogen and oxygen atoms in total. The highest BCUT2D eigenvalue weighted by atomic mass is 35.5. The van der Waals surface area contributed by atoms with Crippen molar-refractivity contribution in [2.24, 2.45) is 0 Å². The average molecular weight is 263 g/mol. The lowest BCUT2D eigenvalue weighted by Gasteiger charge is -2.07. The Morgan fingerprint density at radius 2 is 2.19 bits per heavy atom. The summed E-state index contributed by atoms with van der Waals surface area (Å²) in [6.07, 6.45) is 0.898. The minimum atomic E-state index is -0.106. The molecule has 0 atom stereocenters. The molecule has 0 saturated heterocycles. The summed E-state index contributed by atoms with van der Waals surface area (Å²) in [5.41, 5.74) is 0.494. The van der Waals surface area contributed by atoms with Gasteiger partial charge in [0, 0.05) is 12.6 Å². The normalized spacial score (nSPS) is 9.94. The van der Waals surface area contributed by atoms with E-state index in [-0.39, 0.29) is 22.8 Å². The number of carbonyl (C=O) groups excluding carboxylic acids is 1. The Hall–Kier alpha value is -1.07. The Morgan fingerprint density at radius 1 is 1.44 bits per heavy atom. The molecular weight excluding hydrogens is 251 g/mol. The van der Waals surface area contributed by atoms with Gasteiger partial charge in [-0.3, -0.25) is 4.79 Å². The molecule has 0 aromatic carbocycles. The van der Waals surface area contributed by atoms with Gasteiger partial charge in [0.1, 0.15) is 0 Å². The fourth-order valence-corrected chi connectivity index (χ4v) is 1.29. The molecule has 0 saturated carbocycles. The number of amides is 1. The van der Waals surface area contributed by atoms with Crippen LogP contribution in [0.1, 0.15) is 13.3 Å². The van der Waals surface area contributed by atoms with Gasteiger partial charge in [0.2, 0.25) is 5.91 Å². The second-order valence-corrected chi connectivity index (χ2v) is 3.82. The van der Waals surface area contributed by atoms with Gasteiger partial charge in [-0.15, -0.1) is 10.2 Å². The molecule has 7 heteroatoms. The van der Waals surface area contributed by atoms with Crippen molar-refractivity contribution < 1.29 is 4.79 Å². The number of hydrogen-bond donors (Lipinski definition) is 2. The van der Waals surface area contributed by atoms with Crippen LogP contribution in [0.25, 0.3) is 0 Å². The van der Waals surface area contributed by atoms with Crippen LogP contribution in [0.15, 0.2) is 6.07 Å². The van der Waals surface area contributed by atoms with Crippen molar-refractivity contribution in [3.05, 3.63) is 16.4 Å². The van der Waals surface area contributed by atoms with Crippen LogP contribution in [-0.4, -0.2) is 29.2 Å². The second kappa shape index (κ2) is 6.50. The highest BCUT2D eigenvalue weighted by Gasteiger charge is 2.05. The second-order valence-electron chi connectivity index (χ2n) is 3.08. The Balaban J connectivity index is 2.47. The van der Waals surface area contributed by atoms with E-state index in [0.717, 1.165) is 6.42 Å². The van der Waals surface area contributed by atoms with Crippen molar-refractivity contribution in [3.8, 4) is 0 Å². The molecule has 1 amide bonds. The minimum Gasteiger partial charge on any atom is -0.374 e. The smallest absolute Gasteiger partial charge is 0.239 e. The van der Waals surface area contributed by atoms with Crippen molar-refractivity contribution >= 4 is 34.8 Å². The van der Waals surface area contributed by atoms with Gasteiger partial charge in [-0.2, -0.15) is 0 Å². The number of anilines is 1. The third-order valence-electron chi connectivity index (χ3n) is 1.73. The lowest BCUT2D eigenvalue weighted by atomic mass is 10.4. The molecule has 2 N–H and O–H groups in total.